The average molecular weight is 305 g/mol. The molecule has 2 aromatic rings. The van der Waals surface area contributed by atoms with Gasteiger partial charge in [-0.05, 0) is 25.5 Å². The van der Waals surface area contributed by atoms with Gasteiger partial charge in [0.2, 0.25) is 0 Å². The van der Waals surface area contributed by atoms with E-state index in [1.54, 1.807) is 6.07 Å². The average Bonchev–Trinajstić information content (AvgIpc) is 2.46. The highest BCUT2D eigenvalue weighted by Crippen LogP contribution is 2.21. The summed E-state index contributed by atoms with van der Waals surface area (Å²) in [6.45, 7) is 4.22. The summed E-state index contributed by atoms with van der Waals surface area (Å²) >= 11 is 6.02. The van der Waals surface area contributed by atoms with Gasteiger partial charge in [-0.15, -0.1) is 0 Å². The van der Waals surface area contributed by atoms with Crippen LogP contribution in [0.1, 0.15) is 49.9 Å². The molecule has 0 aliphatic carbocycles. The number of benzene rings is 1. The number of rotatable bonds is 6. The maximum absolute atomic E-state index is 12.5. The number of fused-ring (bicyclic) bond motifs is 1. The molecule has 1 aromatic heterocycles. The standard InChI is InChI=1S/C17H21ClN2O/c1-3-4-5-8-12(2)19-17(21)14-11-16(18)20-15-10-7-6-9-13(14)15/h6-7,9-12H,3-5,8H2,1-2H3,(H,19,21). The maximum Gasteiger partial charge on any atom is 0.252 e. The van der Waals surface area contributed by atoms with Gasteiger partial charge < -0.3 is 5.32 Å². The lowest BCUT2D eigenvalue weighted by atomic mass is 10.1. The van der Waals surface area contributed by atoms with E-state index >= 15 is 0 Å². The highest BCUT2D eigenvalue weighted by Gasteiger charge is 2.14. The number of unbranched alkanes of at least 4 members (excludes halogenated alkanes) is 2. The Labute approximate surface area is 130 Å². The van der Waals surface area contributed by atoms with Gasteiger partial charge in [-0.3, -0.25) is 4.79 Å². The Balaban J connectivity index is 2.15. The largest absolute Gasteiger partial charge is 0.350 e. The molecule has 0 saturated carbocycles. The van der Waals surface area contributed by atoms with Gasteiger partial charge in [-0.25, -0.2) is 4.98 Å². The molecule has 1 heterocycles. The van der Waals surface area contributed by atoms with Gasteiger partial charge in [0, 0.05) is 11.4 Å². The molecule has 3 nitrogen and oxygen atoms in total. The van der Waals surface area contributed by atoms with E-state index in [4.69, 9.17) is 11.6 Å². The van der Waals surface area contributed by atoms with Crippen LogP contribution >= 0.6 is 11.6 Å². The molecule has 21 heavy (non-hydrogen) atoms. The highest BCUT2D eigenvalue weighted by molar-refractivity contribution is 6.30. The normalized spacial score (nSPS) is 12.3. The molecule has 1 unspecified atom stereocenters. The van der Waals surface area contributed by atoms with Crippen LogP contribution in [0.25, 0.3) is 10.9 Å². The second kappa shape index (κ2) is 7.41. The van der Waals surface area contributed by atoms with Gasteiger partial charge in [-0.2, -0.15) is 0 Å². The van der Waals surface area contributed by atoms with Crippen molar-refractivity contribution in [1.29, 1.82) is 0 Å². The minimum Gasteiger partial charge on any atom is -0.350 e. The summed E-state index contributed by atoms with van der Waals surface area (Å²) in [5.41, 5.74) is 1.33. The zero-order chi connectivity index (χ0) is 15.2. The first-order valence-corrected chi connectivity index (χ1v) is 7.85. The van der Waals surface area contributed by atoms with Crippen LogP contribution in [0.2, 0.25) is 5.15 Å². The fourth-order valence-electron chi connectivity index (χ4n) is 2.41. The van der Waals surface area contributed by atoms with Crippen LogP contribution in [-0.4, -0.2) is 16.9 Å². The number of pyridine rings is 1. The van der Waals surface area contributed by atoms with Crippen molar-refractivity contribution in [3.63, 3.8) is 0 Å². The third-order valence-corrected chi connectivity index (χ3v) is 3.74. The lowest BCUT2D eigenvalue weighted by molar-refractivity contribution is 0.0939. The van der Waals surface area contributed by atoms with E-state index in [9.17, 15) is 4.79 Å². The minimum absolute atomic E-state index is 0.0838. The van der Waals surface area contributed by atoms with E-state index < -0.39 is 0 Å². The molecule has 2 rings (SSSR count). The van der Waals surface area contributed by atoms with Crippen LogP contribution in [0.3, 0.4) is 0 Å². The lowest BCUT2D eigenvalue weighted by Crippen LogP contribution is -2.32. The Bertz CT molecular complexity index is 627. The molecule has 0 radical (unpaired) electrons. The zero-order valence-electron chi connectivity index (χ0n) is 12.5. The molecule has 0 saturated heterocycles. The topological polar surface area (TPSA) is 42.0 Å². The van der Waals surface area contributed by atoms with Gasteiger partial charge in [0.15, 0.2) is 0 Å². The second-order valence-corrected chi connectivity index (χ2v) is 5.77. The van der Waals surface area contributed by atoms with Crippen molar-refractivity contribution in [2.24, 2.45) is 0 Å². The summed E-state index contributed by atoms with van der Waals surface area (Å²) in [5.74, 6) is -0.0838. The van der Waals surface area contributed by atoms with E-state index in [-0.39, 0.29) is 11.9 Å². The number of nitrogens with one attached hydrogen (secondary N) is 1. The number of carbonyl (C=O) groups is 1. The molecule has 0 spiro atoms. The smallest absolute Gasteiger partial charge is 0.252 e. The summed E-state index contributed by atoms with van der Waals surface area (Å²) in [7, 11) is 0. The van der Waals surface area contributed by atoms with Crippen LogP contribution in [0.4, 0.5) is 0 Å². The maximum atomic E-state index is 12.5. The third-order valence-electron chi connectivity index (χ3n) is 3.55. The van der Waals surface area contributed by atoms with E-state index in [2.05, 4.69) is 17.2 Å². The first-order valence-electron chi connectivity index (χ1n) is 7.48. The van der Waals surface area contributed by atoms with Crippen LogP contribution in [0.15, 0.2) is 30.3 Å². The molecule has 1 atom stereocenters. The van der Waals surface area contributed by atoms with Crippen LogP contribution in [0, 0.1) is 0 Å². The number of aromatic nitrogens is 1. The Hall–Kier alpha value is -1.61. The molecule has 1 aromatic carbocycles. The minimum atomic E-state index is -0.0838. The van der Waals surface area contributed by atoms with Crippen molar-refractivity contribution < 1.29 is 4.79 Å². The monoisotopic (exact) mass is 304 g/mol. The molecule has 0 aliphatic rings. The van der Waals surface area contributed by atoms with E-state index in [1.165, 1.54) is 12.8 Å². The van der Waals surface area contributed by atoms with Crippen LogP contribution < -0.4 is 5.32 Å². The van der Waals surface area contributed by atoms with Crippen LogP contribution in [-0.2, 0) is 0 Å². The number of halogens is 1. The third kappa shape index (κ3) is 4.18. The van der Waals surface area contributed by atoms with Gasteiger partial charge in [0.25, 0.3) is 5.91 Å². The Morgan fingerprint density at radius 1 is 1.33 bits per heavy atom. The number of hydrogen-bond donors (Lipinski definition) is 1. The Morgan fingerprint density at radius 3 is 2.86 bits per heavy atom. The fraction of sp³-hybridized carbons (Fsp3) is 0.412. The van der Waals surface area contributed by atoms with Crippen molar-refractivity contribution in [1.82, 2.24) is 10.3 Å². The quantitative estimate of drug-likeness (QED) is 0.626. The van der Waals surface area contributed by atoms with E-state index in [1.807, 2.05) is 31.2 Å². The van der Waals surface area contributed by atoms with E-state index in [0.717, 1.165) is 23.7 Å². The van der Waals surface area contributed by atoms with Crippen molar-refractivity contribution in [2.45, 2.75) is 45.6 Å². The fourth-order valence-corrected chi connectivity index (χ4v) is 2.61. The molecular weight excluding hydrogens is 284 g/mol. The van der Waals surface area contributed by atoms with Crippen LogP contribution in [0.5, 0.6) is 0 Å². The molecule has 1 amide bonds. The summed E-state index contributed by atoms with van der Waals surface area (Å²) in [5, 5.41) is 4.23. The van der Waals surface area contributed by atoms with Crippen molar-refractivity contribution in [3.8, 4) is 0 Å². The molecular formula is C17H21ClN2O. The predicted octanol–water partition coefficient (Wildman–Crippen LogP) is 4.59. The summed E-state index contributed by atoms with van der Waals surface area (Å²) < 4.78 is 0. The number of hydrogen-bond acceptors (Lipinski definition) is 2. The van der Waals surface area contributed by atoms with E-state index in [0.29, 0.717) is 10.7 Å². The lowest BCUT2D eigenvalue weighted by Gasteiger charge is -2.14. The van der Waals surface area contributed by atoms with Gasteiger partial charge in [0.05, 0.1) is 11.1 Å². The van der Waals surface area contributed by atoms with Gasteiger partial charge >= 0.3 is 0 Å². The predicted molar refractivity (Wildman–Crippen MR) is 87.8 cm³/mol. The Morgan fingerprint density at radius 2 is 2.10 bits per heavy atom. The number of carbonyl (C=O) groups excluding carboxylic acids is 1. The number of amides is 1. The number of nitrogens with zero attached hydrogens (tertiary/aromatic N) is 1. The van der Waals surface area contributed by atoms with Crippen molar-refractivity contribution in [3.05, 3.63) is 41.0 Å². The van der Waals surface area contributed by atoms with Crippen molar-refractivity contribution >= 4 is 28.4 Å². The zero-order valence-corrected chi connectivity index (χ0v) is 13.3. The highest BCUT2D eigenvalue weighted by atomic mass is 35.5. The molecule has 0 aliphatic heterocycles. The molecule has 112 valence electrons. The Kier molecular flexibility index (Phi) is 5.57. The summed E-state index contributed by atoms with van der Waals surface area (Å²) in [4.78, 5) is 16.7. The first kappa shape index (κ1) is 15.8. The molecule has 0 bridgehead atoms. The summed E-state index contributed by atoms with van der Waals surface area (Å²) in [6, 6.07) is 9.35. The molecule has 1 N–H and O–H groups in total. The van der Waals surface area contributed by atoms with Crippen molar-refractivity contribution in [2.75, 3.05) is 0 Å². The van der Waals surface area contributed by atoms with Gasteiger partial charge in [-0.1, -0.05) is 56.0 Å². The number of para-hydroxylation sites is 1. The SMILES string of the molecule is CCCCCC(C)NC(=O)c1cc(Cl)nc2ccccc12. The molecule has 4 heteroatoms. The first-order chi connectivity index (χ1) is 10.1. The van der Waals surface area contributed by atoms with Gasteiger partial charge in [0.1, 0.15) is 5.15 Å². The molecule has 0 fully saturated rings. The summed E-state index contributed by atoms with van der Waals surface area (Å²) in [6.07, 6.45) is 4.52. The second-order valence-electron chi connectivity index (χ2n) is 5.38.